The summed E-state index contributed by atoms with van der Waals surface area (Å²) in [6, 6.07) is 8.99. The Kier molecular flexibility index (Phi) is 14.3. The third-order valence-electron chi connectivity index (χ3n) is 4.70. The summed E-state index contributed by atoms with van der Waals surface area (Å²) in [5.41, 5.74) is 3.11. The molecule has 137 valence electrons. The van der Waals surface area contributed by atoms with Crippen molar-refractivity contribution >= 4 is 12.7 Å². The molecule has 1 atom stereocenters. The van der Waals surface area contributed by atoms with Gasteiger partial charge in [-0.05, 0) is 0 Å². The largest absolute Gasteiger partial charge is 1.00 e. The van der Waals surface area contributed by atoms with Crippen LogP contribution in [-0.4, -0.2) is 6.65 Å². The first-order valence-electron chi connectivity index (χ1n) is 9.30. The van der Waals surface area contributed by atoms with Gasteiger partial charge in [0.05, 0.1) is 0 Å². The van der Waals surface area contributed by atoms with Crippen molar-refractivity contribution in [2.24, 2.45) is 0 Å². The number of allylic oxidation sites excluding steroid dienone is 5. The van der Waals surface area contributed by atoms with E-state index in [-0.39, 0.29) is 31.5 Å². The summed E-state index contributed by atoms with van der Waals surface area (Å²) in [6.45, 7) is 7.16. The quantitative estimate of drug-likeness (QED) is 0.401. The molecule has 0 fully saturated rings. The van der Waals surface area contributed by atoms with Crippen LogP contribution < -0.4 is 24.8 Å². The number of unbranched alkanes of at least 4 members (excludes halogenated alkanes) is 3. The molecule has 0 spiro atoms. The Morgan fingerprint density at radius 1 is 1.08 bits per heavy atom. The normalized spacial score (nSPS) is 16.6. The second kappa shape index (κ2) is 14.2. The molecular weight excluding hydrogens is 442 g/mol. The first-order valence-corrected chi connectivity index (χ1v) is 19.3. The predicted octanol–water partition coefficient (Wildman–Crippen LogP) is -0.0570. The smallest absolute Gasteiger partial charge is 1.00 e. The third-order valence-corrected chi connectivity index (χ3v) is 22.4. The second-order valence-electron chi connectivity index (χ2n) is 6.38. The number of hydrogen-bond donors (Lipinski definition) is 0. The van der Waals surface area contributed by atoms with Crippen LogP contribution in [0.4, 0.5) is 0 Å². The van der Waals surface area contributed by atoms with E-state index in [1.54, 1.807) is 5.56 Å². The minimum Gasteiger partial charge on any atom is -1.00 e. The zero-order valence-corrected chi connectivity index (χ0v) is 21.2. The van der Waals surface area contributed by atoms with E-state index in [4.69, 9.17) is 0 Å². The average molecular weight is 474 g/mol. The molecule has 25 heavy (non-hydrogen) atoms. The zero-order valence-electron chi connectivity index (χ0n) is 15.8. The molecule has 1 unspecified atom stereocenters. The maximum atomic E-state index is 2.53. The molecule has 0 aliphatic heterocycles. The molecule has 4 heteroatoms. The number of rotatable bonds is 6. The van der Waals surface area contributed by atoms with Crippen molar-refractivity contribution in [3.05, 3.63) is 63.0 Å². The van der Waals surface area contributed by atoms with Gasteiger partial charge in [-0.3, -0.25) is 0 Å². The van der Waals surface area contributed by atoms with Crippen molar-refractivity contribution in [2.75, 3.05) is 0 Å². The van der Waals surface area contributed by atoms with Gasteiger partial charge in [-0.15, -0.1) is 0 Å². The van der Waals surface area contributed by atoms with Crippen molar-refractivity contribution in [1.82, 2.24) is 0 Å². The van der Waals surface area contributed by atoms with Gasteiger partial charge in [-0.25, -0.2) is 0 Å². The van der Waals surface area contributed by atoms with Crippen molar-refractivity contribution < 1.29 is 45.7 Å². The van der Waals surface area contributed by atoms with Gasteiger partial charge in [0.15, 0.2) is 0 Å². The first-order chi connectivity index (χ1) is 11.3. The molecule has 2 aliphatic carbocycles. The molecule has 0 nitrogen and oxygen atoms in total. The molecule has 0 N–H and O–H groups in total. The predicted molar refractivity (Wildman–Crippen MR) is 104 cm³/mol. The number of halogens is 2. The topological polar surface area (TPSA) is 0 Å². The summed E-state index contributed by atoms with van der Waals surface area (Å²) in [4.78, 5) is 0. The van der Waals surface area contributed by atoms with Crippen LogP contribution in [0.3, 0.4) is 0 Å². The Morgan fingerprint density at radius 2 is 1.76 bits per heavy atom. The van der Waals surface area contributed by atoms with E-state index < -0.39 is 20.9 Å². The molecule has 1 aromatic carbocycles. The summed E-state index contributed by atoms with van der Waals surface area (Å²) in [7, 11) is 0. The summed E-state index contributed by atoms with van der Waals surface area (Å²) in [5, 5.41) is 0. The van der Waals surface area contributed by atoms with Crippen LogP contribution in [-0.2, 0) is 20.9 Å². The molecule has 0 aromatic heterocycles. The van der Waals surface area contributed by atoms with Gasteiger partial charge in [0.2, 0.25) is 0 Å². The van der Waals surface area contributed by atoms with Crippen LogP contribution >= 0.6 is 0 Å². The van der Waals surface area contributed by atoms with E-state index in [2.05, 4.69) is 75.0 Å². The molecule has 0 amide bonds. The zero-order chi connectivity index (χ0) is 16.5. The Hall–Kier alpha value is 0.120. The Balaban J connectivity index is 0.000000633. The van der Waals surface area contributed by atoms with Gasteiger partial charge in [0.1, 0.15) is 0 Å². The van der Waals surface area contributed by atoms with E-state index in [0.29, 0.717) is 0 Å². The summed E-state index contributed by atoms with van der Waals surface area (Å²) in [5.74, 6) is 0. The van der Waals surface area contributed by atoms with Gasteiger partial charge < -0.3 is 24.8 Å². The monoisotopic (exact) mass is 471 g/mol. The van der Waals surface area contributed by atoms with E-state index in [9.17, 15) is 0 Å². The molecule has 0 heterocycles. The minimum atomic E-state index is -1.33. The Labute approximate surface area is 176 Å². The van der Waals surface area contributed by atoms with E-state index in [1.807, 2.05) is 3.28 Å². The second-order valence-corrected chi connectivity index (χ2v) is 22.5. The Bertz CT molecular complexity index is 577. The van der Waals surface area contributed by atoms with Crippen molar-refractivity contribution in [2.45, 2.75) is 56.1 Å². The van der Waals surface area contributed by atoms with Crippen molar-refractivity contribution in [3.8, 4) is 0 Å². The third kappa shape index (κ3) is 7.33. The van der Waals surface area contributed by atoms with E-state index >= 15 is 0 Å². The fourth-order valence-corrected chi connectivity index (χ4v) is 19.6. The van der Waals surface area contributed by atoms with Gasteiger partial charge in [-0.2, -0.15) is 0 Å². The van der Waals surface area contributed by atoms with Crippen LogP contribution in [0.15, 0.2) is 51.9 Å². The first kappa shape index (κ1) is 25.1. The molecular formula is C21H31Cl2SiZr. The van der Waals surface area contributed by atoms with Crippen LogP contribution in [0.25, 0.3) is 6.08 Å². The summed E-state index contributed by atoms with van der Waals surface area (Å²) in [6.07, 6.45) is 18.7. The standard InChI is InChI=1S/C9H7.C6H14.C5H5.CH5Si.2ClH.Zr/c1-2-5-9-7-3-6-8(9)4-1;1-3-5-6-4-2;1-2-4-5-3-1;1-2;;;/h1-7H;3-6H2,1-2H3;1-3H,4H2;2H2,1H3;2*1H;/q;;;;;;+2/p-2. The molecule has 0 saturated carbocycles. The van der Waals surface area contributed by atoms with Gasteiger partial charge in [-0.1, -0.05) is 39.5 Å². The SMILES string of the molecule is CCCCCC.C[SiH2][Zr+2]([C]1=CC=CC1)[CH]1C=Cc2ccccc21.[Cl-].[Cl-]. The van der Waals surface area contributed by atoms with Crippen LogP contribution in [0.1, 0.15) is 60.7 Å². The number of fused-ring (bicyclic) bond motifs is 1. The molecule has 0 radical (unpaired) electrons. The van der Waals surface area contributed by atoms with Crippen LogP contribution in [0.2, 0.25) is 6.55 Å². The maximum absolute atomic E-state index is 2.53. The summed E-state index contributed by atoms with van der Waals surface area (Å²) >= 11 is -1.33. The molecule has 3 rings (SSSR count). The Morgan fingerprint density at radius 3 is 2.32 bits per heavy atom. The number of benzene rings is 1. The summed E-state index contributed by atoms with van der Waals surface area (Å²) < 4.78 is 2.70. The van der Waals surface area contributed by atoms with Crippen LogP contribution in [0, 0.1) is 0 Å². The molecule has 0 saturated heterocycles. The maximum Gasteiger partial charge on any atom is -1.00 e. The average Bonchev–Trinajstić information content (AvgIpc) is 3.25. The fraction of sp³-hybridized carbons (Fsp3) is 0.429. The van der Waals surface area contributed by atoms with E-state index in [0.717, 1.165) is 3.63 Å². The van der Waals surface area contributed by atoms with Crippen molar-refractivity contribution in [3.63, 3.8) is 0 Å². The minimum absolute atomic E-state index is 0. The van der Waals surface area contributed by atoms with Gasteiger partial charge in [0, 0.05) is 0 Å². The van der Waals surface area contributed by atoms with Crippen LogP contribution in [0.5, 0.6) is 0 Å². The van der Waals surface area contributed by atoms with E-state index in [1.165, 1.54) is 37.7 Å². The van der Waals surface area contributed by atoms with Crippen molar-refractivity contribution in [1.29, 1.82) is 0 Å². The van der Waals surface area contributed by atoms with Gasteiger partial charge >= 0.3 is 113 Å². The number of hydrogen-bond acceptors (Lipinski definition) is 0. The molecule has 0 bridgehead atoms. The fourth-order valence-electron chi connectivity index (χ4n) is 3.39. The van der Waals surface area contributed by atoms with Gasteiger partial charge in [0.25, 0.3) is 0 Å². The molecule has 1 aromatic rings. The molecule has 2 aliphatic rings.